The molecule has 3 heterocycles. The highest BCUT2D eigenvalue weighted by atomic mass is 35.5. The molecule has 0 bridgehead atoms. The minimum atomic E-state index is 0.0917. The van der Waals surface area contributed by atoms with E-state index in [4.69, 9.17) is 11.6 Å². The number of piperidine rings is 1. The molecule has 0 saturated carbocycles. The maximum atomic E-state index is 10.5. The summed E-state index contributed by atoms with van der Waals surface area (Å²) in [6.07, 6.45) is 4.00. The van der Waals surface area contributed by atoms with Gasteiger partial charge in [0.05, 0.1) is 0 Å². The number of nitrogens with one attached hydrogen (secondary N) is 1. The van der Waals surface area contributed by atoms with Gasteiger partial charge in [0, 0.05) is 34.8 Å². The first-order valence-electron chi connectivity index (χ1n) is 9.09. The molecule has 140 valence electrons. The van der Waals surface area contributed by atoms with Gasteiger partial charge in [0.2, 0.25) is 0 Å². The van der Waals surface area contributed by atoms with Crippen LogP contribution in [0.3, 0.4) is 0 Å². The Kier molecular flexibility index (Phi) is 4.85. The van der Waals surface area contributed by atoms with E-state index in [9.17, 15) is 5.11 Å². The molecule has 1 aliphatic rings. The number of aromatic nitrogens is 3. The molecule has 4 rings (SSSR count). The van der Waals surface area contributed by atoms with Crippen molar-refractivity contribution in [1.29, 1.82) is 0 Å². The Hall–Kier alpha value is -2.44. The molecule has 0 amide bonds. The molecule has 27 heavy (non-hydrogen) atoms. The van der Waals surface area contributed by atoms with Crippen molar-refractivity contribution < 1.29 is 5.11 Å². The molecular weight excluding hydrogens is 362 g/mol. The van der Waals surface area contributed by atoms with Gasteiger partial charge < -0.3 is 15.3 Å². The maximum absolute atomic E-state index is 10.5. The van der Waals surface area contributed by atoms with Crippen molar-refractivity contribution in [2.24, 2.45) is 0 Å². The SMILES string of the molecule is Cc1cc(Cl)cc(O)c1-c1nnc(NC2CCCN(C)C2)c2ncccc12. The minimum absolute atomic E-state index is 0.0917. The van der Waals surface area contributed by atoms with E-state index in [0.717, 1.165) is 42.4 Å². The lowest BCUT2D eigenvalue weighted by molar-refractivity contribution is 0.261. The maximum Gasteiger partial charge on any atom is 0.175 e. The quantitative estimate of drug-likeness (QED) is 0.715. The zero-order valence-corrected chi connectivity index (χ0v) is 16.2. The molecular formula is C20H22ClN5O. The van der Waals surface area contributed by atoms with Crippen LogP contribution in [0, 0.1) is 6.92 Å². The van der Waals surface area contributed by atoms with Crippen LogP contribution in [0.2, 0.25) is 5.02 Å². The zero-order valence-electron chi connectivity index (χ0n) is 15.4. The largest absolute Gasteiger partial charge is 0.507 e. The van der Waals surface area contributed by atoms with Gasteiger partial charge in [0.1, 0.15) is 17.0 Å². The normalized spacial score (nSPS) is 18.0. The standard InChI is InChI=1S/C20H22ClN5O/c1-12-9-13(21)10-16(27)17(12)18-15-6-3-7-22-19(15)20(25-24-18)23-14-5-4-8-26(2)11-14/h3,6-7,9-10,14,27H,4-5,8,11H2,1-2H3,(H,23,25). The molecule has 1 fully saturated rings. The number of hydrogen-bond acceptors (Lipinski definition) is 6. The lowest BCUT2D eigenvalue weighted by Crippen LogP contribution is -2.40. The highest BCUT2D eigenvalue weighted by Gasteiger charge is 2.21. The molecule has 7 heteroatoms. The van der Waals surface area contributed by atoms with Crippen LogP contribution < -0.4 is 5.32 Å². The van der Waals surface area contributed by atoms with E-state index in [0.29, 0.717) is 28.1 Å². The molecule has 3 aromatic rings. The first-order valence-corrected chi connectivity index (χ1v) is 9.46. The van der Waals surface area contributed by atoms with Gasteiger partial charge in [-0.1, -0.05) is 11.6 Å². The number of aryl methyl sites for hydroxylation is 1. The summed E-state index contributed by atoms with van der Waals surface area (Å²) >= 11 is 6.05. The summed E-state index contributed by atoms with van der Waals surface area (Å²) in [5, 5.41) is 24.2. The lowest BCUT2D eigenvalue weighted by atomic mass is 10.0. The molecule has 0 radical (unpaired) electrons. The number of likely N-dealkylation sites (tertiary alicyclic amines) is 1. The number of anilines is 1. The van der Waals surface area contributed by atoms with Gasteiger partial charge in [-0.2, -0.15) is 0 Å². The van der Waals surface area contributed by atoms with E-state index >= 15 is 0 Å². The van der Waals surface area contributed by atoms with E-state index in [1.807, 2.05) is 25.1 Å². The van der Waals surface area contributed by atoms with Crippen LogP contribution in [-0.2, 0) is 0 Å². The fraction of sp³-hybridized carbons (Fsp3) is 0.350. The van der Waals surface area contributed by atoms with Gasteiger partial charge in [-0.25, -0.2) is 0 Å². The van der Waals surface area contributed by atoms with Crippen molar-refractivity contribution in [3.63, 3.8) is 0 Å². The number of hydrogen-bond donors (Lipinski definition) is 2. The van der Waals surface area contributed by atoms with Crippen LogP contribution in [0.1, 0.15) is 18.4 Å². The predicted octanol–water partition coefficient (Wildman–Crippen LogP) is 3.87. The summed E-state index contributed by atoms with van der Waals surface area (Å²) in [6.45, 7) is 3.99. The Morgan fingerprint density at radius 2 is 2.15 bits per heavy atom. The smallest absolute Gasteiger partial charge is 0.175 e. The van der Waals surface area contributed by atoms with Gasteiger partial charge in [-0.15, -0.1) is 10.2 Å². The minimum Gasteiger partial charge on any atom is -0.507 e. The van der Waals surface area contributed by atoms with Crippen LogP contribution in [0.5, 0.6) is 5.75 Å². The van der Waals surface area contributed by atoms with E-state index in [1.54, 1.807) is 6.20 Å². The number of rotatable bonds is 3. The van der Waals surface area contributed by atoms with Gasteiger partial charge >= 0.3 is 0 Å². The summed E-state index contributed by atoms with van der Waals surface area (Å²) in [5.74, 6) is 0.773. The first kappa shape index (κ1) is 17.9. The number of phenolic OH excluding ortho intramolecular Hbond substituents is 1. The van der Waals surface area contributed by atoms with Gasteiger partial charge in [-0.3, -0.25) is 4.98 Å². The van der Waals surface area contributed by atoms with E-state index < -0.39 is 0 Å². The highest BCUT2D eigenvalue weighted by molar-refractivity contribution is 6.31. The Morgan fingerprint density at radius 1 is 1.30 bits per heavy atom. The van der Waals surface area contributed by atoms with Crippen molar-refractivity contribution in [2.75, 3.05) is 25.5 Å². The third-order valence-electron chi connectivity index (χ3n) is 5.02. The third-order valence-corrected chi connectivity index (χ3v) is 5.24. The first-order chi connectivity index (χ1) is 13.0. The molecule has 0 aliphatic carbocycles. The number of fused-ring (bicyclic) bond motifs is 1. The van der Waals surface area contributed by atoms with Crippen LogP contribution in [0.15, 0.2) is 30.5 Å². The topological polar surface area (TPSA) is 74.2 Å². The number of nitrogens with zero attached hydrogens (tertiary/aromatic N) is 4. The van der Waals surface area contributed by atoms with E-state index in [2.05, 4.69) is 32.4 Å². The Balaban J connectivity index is 1.79. The molecule has 0 spiro atoms. The summed E-state index contributed by atoms with van der Waals surface area (Å²) < 4.78 is 0. The fourth-order valence-corrected chi connectivity index (χ4v) is 4.05. The molecule has 1 unspecified atom stereocenters. The Bertz CT molecular complexity index is 970. The number of phenols is 1. The Morgan fingerprint density at radius 3 is 2.93 bits per heavy atom. The average molecular weight is 384 g/mol. The fourth-order valence-electron chi connectivity index (χ4n) is 3.78. The van der Waals surface area contributed by atoms with Crippen molar-refractivity contribution in [2.45, 2.75) is 25.8 Å². The monoisotopic (exact) mass is 383 g/mol. The molecule has 6 nitrogen and oxygen atoms in total. The molecule has 1 atom stereocenters. The summed E-state index contributed by atoms with van der Waals surface area (Å²) in [4.78, 5) is 6.86. The van der Waals surface area contributed by atoms with Crippen molar-refractivity contribution >= 4 is 28.3 Å². The number of aromatic hydroxyl groups is 1. The molecule has 1 aliphatic heterocycles. The molecule has 1 saturated heterocycles. The number of likely N-dealkylation sites (N-methyl/N-ethyl adjacent to an activating group) is 1. The van der Waals surface area contributed by atoms with Gasteiger partial charge in [0.25, 0.3) is 0 Å². The van der Waals surface area contributed by atoms with Gasteiger partial charge in [0.15, 0.2) is 5.82 Å². The van der Waals surface area contributed by atoms with Crippen LogP contribution in [0.4, 0.5) is 5.82 Å². The van der Waals surface area contributed by atoms with Crippen LogP contribution in [0.25, 0.3) is 22.2 Å². The number of pyridine rings is 1. The second kappa shape index (κ2) is 7.29. The Labute approximate surface area is 163 Å². The molecule has 2 N–H and O–H groups in total. The third kappa shape index (κ3) is 3.55. The van der Waals surface area contributed by atoms with Crippen molar-refractivity contribution in [3.8, 4) is 17.0 Å². The van der Waals surface area contributed by atoms with Gasteiger partial charge in [-0.05, 0) is 63.2 Å². The zero-order chi connectivity index (χ0) is 19.0. The average Bonchev–Trinajstić information content (AvgIpc) is 2.62. The summed E-state index contributed by atoms with van der Waals surface area (Å²) in [5.41, 5.74) is 2.84. The van der Waals surface area contributed by atoms with Crippen LogP contribution >= 0.6 is 11.6 Å². The highest BCUT2D eigenvalue weighted by Crippen LogP contribution is 2.38. The van der Waals surface area contributed by atoms with Crippen molar-refractivity contribution in [3.05, 3.63) is 41.0 Å². The molecule has 2 aromatic heterocycles. The van der Waals surface area contributed by atoms with E-state index in [1.165, 1.54) is 6.07 Å². The number of halogens is 1. The number of benzene rings is 1. The summed E-state index contributed by atoms with van der Waals surface area (Å²) in [6, 6.07) is 7.48. The van der Waals surface area contributed by atoms with E-state index in [-0.39, 0.29) is 5.75 Å². The predicted molar refractivity (Wildman–Crippen MR) is 108 cm³/mol. The lowest BCUT2D eigenvalue weighted by Gasteiger charge is -2.30. The van der Waals surface area contributed by atoms with Crippen molar-refractivity contribution in [1.82, 2.24) is 20.1 Å². The second-order valence-corrected chi connectivity index (χ2v) is 7.60. The van der Waals surface area contributed by atoms with Crippen LogP contribution in [-0.4, -0.2) is 51.4 Å². The molecule has 1 aromatic carbocycles. The summed E-state index contributed by atoms with van der Waals surface area (Å²) in [7, 11) is 2.13. The second-order valence-electron chi connectivity index (χ2n) is 7.16.